The molecule has 1 heterocycles. The molecule has 0 saturated heterocycles. The van der Waals surface area contributed by atoms with E-state index in [2.05, 4.69) is 27.7 Å². The number of rotatable bonds is 33. The number of ketones is 1. The Balaban J connectivity index is 1.74. The lowest BCUT2D eigenvalue weighted by molar-refractivity contribution is -0.161. The van der Waals surface area contributed by atoms with Crippen LogP contribution >= 0.6 is 7.82 Å². The first kappa shape index (κ1) is 51.7. The fourth-order valence-corrected chi connectivity index (χ4v) is 8.03. The van der Waals surface area contributed by atoms with Crippen LogP contribution in [0.3, 0.4) is 0 Å². The van der Waals surface area contributed by atoms with Crippen LogP contribution in [0.5, 0.6) is 0 Å². The molecule has 1 fully saturated rings. The number of furan rings is 1. The molecule has 1 unspecified atom stereocenters. The molecule has 1 aliphatic carbocycles. The molecule has 7 atom stereocenters. The van der Waals surface area contributed by atoms with Gasteiger partial charge in [-0.3, -0.25) is 23.4 Å². The molecule has 0 amide bonds. The summed E-state index contributed by atoms with van der Waals surface area (Å²) in [6, 6.07) is 0. The van der Waals surface area contributed by atoms with E-state index in [0.717, 1.165) is 82.1 Å². The third-order valence-corrected chi connectivity index (χ3v) is 11.8. The second kappa shape index (κ2) is 28.9. The molecule has 58 heavy (non-hydrogen) atoms. The number of carbonyl (C=O) groups is 3. The summed E-state index contributed by atoms with van der Waals surface area (Å²) in [5.74, 6) is 0.00520. The van der Waals surface area contributed by atoms with Crippen molar-refractivity contribution >= 4 is 25.5 Å². The minimum atomic E-state index is -4.49. The Labute approximate surface area is 346 Å². The number of phosphoric ester groups is 1. The third-order valence-electron chi connectivity index (χ3n) is 10.8. The van der Waals surface area contributed by atoms with Crippen LogP contribution in [0.4, 0.5) is 0 Å². The van der Waals surface area contributed by atoms with Crippen LogP contribution in [0.15, 0.2) is 16.6 Å². The van der Waals surface area contributed by atoms with Crippen LogP contribution in [-0.2, 0) is 50.3 Å². The van der Waals surface area contributed by atoms with E-state index in [1.54, 1.807) is 12.2 Å². The molecule has 334 valence electrons. The number of hydrogen-bond donors (Lipinski definition) is 5. The highest BCUT2D eigenvalue weighted by Crippen LogP contribution is 2.43. The van der Waals surface area contributed by atoms with E-state index in [9.17, 15) is 39.2 Å². The normalized spacial score (nSPS) is 20.3. The van der Waals surface area contributed by atoms with Crippen molar-refractivity contribution in [2.75, 3.05) is 26.4 Å². The van der Waals surface area contributed by atoms with Gasteiger partial charge in [0.1, 0.15) is 23.9 Å². The molecular formula is C43H74NO13P. The summed E-state index contributed by atoms with van der Waals surface area (Å²) in [4.78, 5) is 48.0. The second-order valence-electron chi connectivity index (χ2n) is 15.8. The van der Waals surface area contributed by atoms with Gasteiger partial charge >= 0.3 is 19.8 Å². The lowest BCUT2D eigenvalue weighted by Gasteiger charge is -2.20. The van der Waals surface area contributed by atoms with Crippen molar-refractivity contribution < 1.29 is 62.1 Å². The van der Waals surface area contributed by atoms with Gasteiger partial charge in [0.15, 0.2) is 6.10 Å². The number of unbranched alkanes of at least 4 members (excludes halogenated alkanes) is 8. The number of hydrogen-bond acceptors (Lipinski definition) is 13. The zero-order valence-electron chi connectivity index (χ0n) is 35.6. The standard InChI is InChI=1S/C43H74NO13P/c1-5-7-12-18-33(45)23-24-36-37(39(48)28-38(36)47)27-34(46)19-15-16-22-43(50)56-35(30-55-58(51,52)54-26-25-44)29-53-42(49)21-14-11-9-8-10-13-20-41-32(4)31(3)40(57-41)17-6-2/h23-24,33,35-39,45,47-48H,5-22,25-30,44H2,1-4H3,(H,51,52)/b24-23+/t33-,35+,36+,37+,38+,39-/m0/s1. The Bertz CT molecular complexity index is 1410. The molecule has 2 rings (SSSR count). The average Bonchev–Trinajstić information content (AvgIpc) is 3.60. The first-order valence-corrected chi connectivity index (χ1v) is 23.2. The fourth-order valence-electron chi connectivity index (χ4n) is 7.26. The Hall–Kier alpha value is -2.42. The summed E-state index contributed by atoms with van der Waals surface area (Å²) in [6.07, 6.45) is 13.2. The Morgan fingerprint density at radius 1 is 0.828 bits per heavy atom. The van der Waals surface area contributed by atoms with E-state index < -0.39 is 62.6 Å². The quantitative estimate of drug-likeness (QED) is 0.0207. The molecule has 0 bridgehead atoms. The molecule has 0 spiro atoms. The zero-order chi connectivity index (χ0) is 42.9. The molecule has 1 aromatic heterocycles. The largest absolute Gasteiger partial charge is 0.472 e. The van der Waals surface area contributed by atoms with Gasteiger partial charge in [0.25, 0.3) is 0 Å². The van der Waals surface area contributed by atoms with Crippen LogP contribution in [0.25, 0.3) is 0 Å². The van der Waals surface area contributed by atoms with Crippen molar-refractivity contribution in [1.29, 1.82) is 0 Å². The number of phosphoric acid groups is 1. The van der Waals surface area contributed by atoms with Gasteiger partial charge in [0.2, 0.25) is 0 Å². The number of esters is 2. The molecule has 1 saturated carbocycles. The molecule has 1 aliphatic rings. The number of Topliss-reactive ketones (excluding diaryl/α,β-unsaturated/α-hetero) is 1. The smallest absolute Gasteiger partial charge is 0.466 e. The van der Waals surface area contributed by atoms with Gasteiger partial charge in [-0.15, -0.1) is 0 Å². The van der Waals surface area contributed by atoms with Crippen molar-refractivity contribution in [1.82, 2.24) is 0 Å². The van der Waals surface area contributed by atoms with Gasteiger partial charge in [0, 0.05) is 63.3 Å². The van der Waals surface area contributed by atoms with E-state index in [1.807, 2.05) is 0 Å². The summed E-state index contributed by atoms with van der Waals surface area (Å²) < 4.78 is 38.8. The van der Waals surface area contributed by atoms with Crippen molar-refractivity contribution in [2.24, 2.45) is 17.6 Å². The maximum absolute atomic E-state index is 12.9. The van der Waals surface area contributed by atoms with Crippen LogP contribution in [0.1, 0.15) is 152 Å². The van der Waals surface area contributed by atoms with Crippen molar-refractivity contribution in [3.05, 3.63) is 34.8 Å². The molecule has 0 aromatic carbocycles. The van der Waals surface area contributed by atoms with Crippen LogP contribution in [0, 0.1) is 25.7 Å². The summed E-state index contributed by atoms with van der Waals surface area (Å²) in [5, 5.41) is 31.3. The van der Waals surface area contributed by atoms with E-state index in [4.69, 9.17) is 28.7 Å². The van der Waals surface area contributed by atoms with Crippen LogP contribution in [-0.4, -0.2) is 88.7 Å². The first-order chi connectivity index (χ1) is 27.7. The van der Waals surface area contributed by atoms with Gasteiger partial charge in [-0.1, -0.05) is 70.9 Å². The summed E-state index contributed by atoms with van der Waals surface area (Å²) in [5.41, 5.74) is 7.86. The van der Waals surface area contributed by atoms with E-state index >= 15 is 0 Å². The monoisotopic (exact) mass is 843 g/mol. The lowest BCUT2D eigenvalue weighted by atomic mass is 9.87. The molecule has 1 aromatic rings. The Morgan fingerprint density at radius 2 is 1.47 bits per heavy atom. The van der Waals surface area contributed by atoms with E-state index in [-0.39, 0.29) is 57.6 Å². The summed E-state index contributed by atoms with van der Waals surface area (Å²) in [7, 11) is -4.49. The first-order valence-electron chi connectivity index (χ1n) is 21.7. The number of ether oxygens (including phenoxy) is 2. The number of aliphatic hydroxyl groups is 3. The molecular weight excluding hydrogens is 769 g/mol. The highest BCUT2D eigenvalue weighted by molar-refractivity contribution is 7.47. The SMILES string of the molecule is CCCCC[C@H](O)/C=C/[C@@H]1[C@@H](CC(=O)CCCCC(=O)O[C@H](COC(=O)CCCCCCCCc2oc(CCC)c(C)c2C)COP(=O)(O)OCCN)[C@@H](O)C[C@H]1O. The molecule has 0 aliphatic heterocycles. The van der Waals surface area contributed by atoms with Gasteiger partial charge in [0.05, 0.1) is 31.5 Å². The predicted octanol–water partition coefficient (Wildman–Crippen LogP) is 7.04. The number of aryl methyl sites for hydroxylation is 2. The highest BCUT2D eigenvalue weighted by Gasteiger charge is 2.41. The maximum Gasteiger partial charge on any atom is 0.472 e. The summed E-state index contributed by atoms with van der Waals surface area (Å²) >= 11 is 0. The zero-order valence-corrected chi connectivity index (χ0v) is 36.5. The Morgan fingerprint density at radius 3 is 2.16 bits per heavy atom. The molecule has 15 heteroatoms. The van der Waals surface area contributed by atoms with Crippen molar-refractivity contribution in [3.63, 3.8) is 0 Å². The van der Waals surface area contributed by atoms with E-state index in [0.29, 0.717) is 25.7 Å². The number of carbonyl (C=O) groups excluding carboxylic acids is 3. The van der Waals surface area contributed by atoms with Gasteiger partial charge in [-0.25, -0.2) is 4.57 Å². The Kier molecular flexibility index (Phi) is 25.8. The summed E-state index contributed by atoms with van der Waals surface area (Å²) in [6.45, 7) is 7.30. The second-order valence-corrected chi connectivity index (χ2v) is 17.2. The van der Waals surface area contributed by atoms with Crippen molar-refractivity contribution in [3.8, 4) is 0 Å². The van der Waals surface area contributed by atoms with Crippen molar-refractivity contribution in [2.45, 2.75) is 181 Å². The molecule has 0 radical (unpaired) electrons. The minimum absolute atomic E-state index is 0.0131. The van der Waals surface area contributed by atoms with Gasteiger partial charge < -0.3 is 39.8 Å². The van der Waals surface area contributed by atoms with Gasteiger partial charge in [-0.05, 0) is 63.5 Å². The van der Waals surface area contributed by atoms with Gasteiger partial charge in [-0.2, -0.15) is 0 Å². The van der Waals surface area contributed by atoms with Crippen LogP contribution in [0.2, 0.25) is 0 Å². The number of nitrogens with two attached hydrogens (primary N) is 1. The lowest BCUT2D eigenvalue weighted by Crippen LogP contribution is -2.29. The van der Waals surface area contributed by atoms with E-state index in [1.165, 1.54) is 11.1 Å². The third kappa shape index (κ3) is 20.7. The fraction of sp³-hybridized carbons (Fsp3) is 0.791. The predicted molar refractivity (Wildman–Crippen MR) is 221 cm³/mol. The minimum Gasteiger partial charge on any atom is -0.466 e. The molecule has 14 nitrogen and oxygen atoms in total. The average molecular weight is 844 g/mol. The maximum atomic E-state index is 12.9. The molecule has 6 N–H and O–H groups in total. The highest BCUT2D eigenvalue weighted by atomic mass is 31.2. The number of aliphatic hydroxyl groups excluding tert-OH is 3. The topological polar surface area (TPSA) is 225 Å². The van der Waals surface area contributed by atoms with Crippen LogP contribution < -0.4 is 5.73 Å².